The predicted molar refractivity (Wildman–Crippen MR) is 61.9 cm³/mol. The highest BCUT2D eigenvalue weighted by Crippen LogP contribution is 2.16. The summed E-state index contributed by atoms with van der Waals surface area (Å²) in [5, 5.41) is 2.71. The molecule has 0 heterocycles. The molecule has 0 aliphatic carbocycles. The average Bonchev–Trinajstić information content (AvgIpc) is 2.18. The topological polar surface area (TPSA) is 29.1 Å². The first-order valence-electron chi connectivity index (χ1n) is 4.25. The van der Waals surface area contributed by atoms with Gasteiger partial charge in [0.25, 0.3) is 5.91 Å². The number of halogens is 2. The summed E-state index contributed by atoms with van der Waals surface area (Å²) in [5.41, 5.74) is 1.71. The summed E-state index contributed by atoms with van der Waals surface area (Å²) in [4.78, 5) is 11.5. The van der Waals surface area contributed by atoms with Crippen LogP contribution in [0.1, 0.15) is 15.9 Å². The van der Waals surface area contributed by atoms with E-state index in [2.05, 4.69) is 21.2 Å². The molecule has 0 unspecified atom stereocenters. The summed E-state index contributed by atoms with van der Waals surface area (Å²) in [6, 6.07) is 5.49. The maximum absolute atomic E-state index is 11.5. The van der Waals surface area contributed by atoms with Gasteiger partial charge in [-0.25, -0.2) is 0 Å². The van der Waals surface area contributed by atoms with Gasteiger partial charge in [-0.2, -0.15) is 0 Å². The molecule has 0 spiro atoms. The molecule has 1 amide bonds. The van der Waals surface area contributed by atoms with E-state index in [9.17, 15) is 4.79 Å². The molecule has 1 aromatic rings. The number of benzene rings is 1. The lowest BCUT2D eigenvalue weighted by Gasteiger charge is -2.04. The molecule has 2 nitrogen and oxygen atoms in total. The van der Waals surface area contributed by atoms with E-state index in [0.29, 0.717) is 18.0 Å². The lowest BCUT2D eigenvalue weighted by Crippen LogP contribution is -2.25. The third-order valence-corrected chi connectivity index (χ3v) is 2.88. The van der Waals surface area contributed by atoms with Gasteiger partial charge < -0.3 is 5.32 Å². The molecule has 0 aliphatic rings. The first kappa shape index (κ1) is 11.5. The van der Waals surface area contributed by atoms with Crippen LogP contribution < -0.4 is 5.32 Å². The summed E-state index contributed by atoms with van der Waals surface area (Å²) in [6.45, 7) is 2.44. The van der Waals surface area contributed by atoms with Gasteiger partial charge in [0.15, 0.2) is 0 Å². The minimum Gasteiger partial charge on any atom is -0.351 e. The second-order valence-corrected chi connectivity index (χ2v) is 4.14. The van der Waals surface area contributed by atoms with E-state index >= 15 is 0 Å². The van der Waals surface area contributed by atoms with Crippen molar-refractivity contribution in [3.05, 3.63) is 33.8 Å². The van der Waals surface area contributed by atoms with Crippen LogP contribution in [-0.4, -0.2) is 18.3 Å². The number of alkyl halides is 1. The van der Waals surface area contributed by atoms with Crippen LogP contribution in [0.4, 0.5) is 0 Å². The quantitative estimate of drug-likeness (QED) is 0.845. The van der Waals surface area contributed by atoms with E-state index in [1.807, 2.05) is 19.1 Å². The van der Waals surface area contributed by atoms with Crippen LogP contribution in [0, 0.1) is 6.92 Å². The van der Waals surface area contributed by atoms with Gasteiger partial charge in [-0.1, -0.05) is 15.9 Å². The van der Waals surface area contributed by atoms with Crippen LogP contribution in [-0.2, 0) is 0 Å². The Morgan fingerprint density at radius 1 is 1.57 bits per heavy atom. The number of carbonyl (C=O) groups excluding carboxylic acids is 1. The molecule has 14 heavy (non-hydrogen) atoms. The Hall–Kier alpha value is -0.540. The van der Waals surface area contributed by atoms with Crippen molar-refractivity contribution in [1.82, 2.24) is 5.32 Å². The highest BCUT2D eigenvalue weighted by atomic mass is 79.9. The van der Waals surface area contributed by atoms with E-state index in [0.717, 1.165) is 10.0 Å². The summed E-state index contributed by atoms with van der Waals surface area (Å²) in [7, 11) is 0. The normalized spacial score (nSPS) is 9.93. The summed E-state index contributed by atoms with van der Waals surface area (Å²) in [6.07, 6.45) is 0. The van der Waals surface area contributed by atoms with Crippen molar-refractivity contribution in [3.63, 3.8) is 0 Å². The Balaban J connectivity index is 2.76. The van der Waals surface area contributed by atoms with Gasteiger partial charge in [-0.15, -0.1) is 11.6 Å². The minimum absolute atomic E-state index is 0.0822. The molecule has 0 saturated heterocycles. The van der Waals surface area contributed by atoms with Crippen molar-refractivity contribution in [3.8, 4) is 0 Å². The van der Waals surface area contributed by atoms with Crippen molar-refractivity contribution in [2.45, 2.75) is 6.92 Å². The Kier molecular flexibility index (Phi) is 4.42. The Morgan fingerprint density at radius 2 is 2.29 bits per heavy atom. The fourth-order valence-corrected chi connectivity index (χ4v) is 1.39. The molecule has 76 valence electrons. The van der Waals surface area contributed by atoms with E-state index in [1.54, 1.807) is 6.07 Å². The van der Waals surface area contributed by atoms with Gasteiger partial charge in [0.05, 0.1) is 0 Å². The third kappa shape index (κ3) is 3.00. The molecule has 0 fully saturated rings. The largest absolute Gasteiger partial charge is 0.351 e. The van der Waals surface area contributed by atoms with Crippen LogP contribution in [0.2, 0.25) is 0 Å². The zero-order chi connectivity index (χ0) is 10.6. The SMILES string of the molecule is Cc1cc(C(=O)NCCCl)ccc1Br. The maximum atomic E-state index is 11.5. The number of amides is 1. The monoisotopic (exact) mass is 275 g/mol. The van der Waals surface area contributed by atoms with Crippen molar-refractivity contribution in [2.75, 3.05) is 12.4 Å². The lowest BCUT2D eigenvalue weighted by molar-refractivity contribution is 0.0956. The molecule has 0 saturated carbocycles. The standard InChI is InChI=1S/C10H11BrClNO/c1-7-6-8(2-3-9(7)11)10(14)13-5-4-12/h2-3,6H,4-5H2,1H3,(H,13,14). The van der Waals surface area contributed by atoms with Crippen LogP contribution in [0.25, 0.3) is 0 Å². The van der Waals surface area contributed by atoms with Crippen molar-refractivity contribution >= 4 is 33.4 Å². The molecular formula is C10H11BrClNO. The van der Waals surface area contributed by atoms with Crippen LogP contribution in [0.5, 0.6) is 0 Å². The Morgan fingerprint density at radius 3 is 2.86 bits per heavy atom. The van der Waals surface area contributed by atoms with Crippen molar-refractivity contribution in [2.24, 2.45) is 0 Å². The molecule has 0 aromatic heterocycles. The number of rotatable bonds is 3. The van der Waals surface area contributed by atoms with Gasteiger partial charge in [-0.05, 0) is 30.7 Å². The number of carbonyl (C=O) groups is 1. The van der Waals surface area contributed by atoms with Gasteiger partial charge in [-0.3, -0.25) is 4.79 Å². The fourth-order valence-electron chi connectivity index (χ4n) is 1.05. The first-order valence-corrected chi connectivity index (χ1v) is 5.58. The molecule has 0 atom stereocenters. The van der Waals surface area contributed by atoms with Gasteiger partial charge >= 0.3 is 0 Å². The summed E-state index contributed by atoms with van der Waals surface area (Å²) in [5.74, 6) is 0.350. The number of aryl methyl sites for hydroxylation is 1. The molecule has 0 bridgehead atoms. The lowest BCUT2D eigenvalue weighted by atomic mass is 10.1. The molecule has 0 radical (unpaired) electrons. The maximum Gasteiger partial charge on any atom is 0.251 e. The summed E-state index contributed by atoms with van der Waals surface area (Å²) >= 11 is 8.85. The van der Waals surface area contributed by atoms with Crippen molar-refractivity contribution in [1.29, 1.82) is 0 Å². The molecular weight excluding hydrogens is 265 g/mol. The number of hydrogen-bond donors (Lipinski definition) is 1. The smallest absolute Gasteiger partial charge is 0.251 e. The van der Waals surface area contributed by atoms with Crippen LogP contribution in [0.3, 0.4) is 0 Å². The van der Waals surface area contributed by atoms with E-state index in [1.165, 1.54) is 0 Å². The molecule has 4 heteroatoms. The Bertz CT molecular complexity index is 341. The van der Waals surface area contributed by atoms with Gasteiger partial charge in [0.2, 0.25) is 0 Å². The fraction of sp³-hybridized carbons (Fsp3) is 0.300. The molecule has 1 N–H and O–H groups in total. The van der Waals surface area contributed by atoms with E-state index in [4.69, 9.17) is 11.6 Å². The minimum atomic E-state index is -0.0822. The third-order valence-electron chi connectivity index (χ3n) is 1.80. The second-order valence-electron chi connectivity index (χ2n) is 2.91. The van der Waals surface area contributed by atoms with Crippen molar-refractivity contribution < 1.29 is 4.79 Å². The first-order chi connectivity index (χ1) is 6.65. The zero-order valence-electron chi connectivity index (χ0n) is 7.81. The predicted octanol–water partition coefficient (Wildman–Crippen LogP) is 2.73. The highest BCUT2D eigenvalue weighted by Gasteiger charge is 2.05. The number of hydrogen-bond acceptors (Lipinski definition) is 1. The number of nitrogens with one attached hydrogen (secondary N) is 1. The van der Waals surface area contributed by atoms with E-state index in [-0.39, 0.29) is 5.91 Å². The summed E-state index contributed by atoms with van der Waals surface area (Å²) < 4.78 is 1.01. The van der Waals surface area contributed by atoms with E-state index < -0.39 is 0 Å². The second kappa shape index (κ2) is 5.37. The highest BCUT2D eigenvalue weighted by molar-refractivity contribution is 9.10. The van der Waals surface area contributed by atoms with Crippen LogP contribution >= 0.6 is 27.5 Å². The van der Waals surface area contributed by atoms with Gasteiger partial charge in [0.1, 0.15) is 0 Å². The molecule has 1 rings (SSSR count). The Labute approximate surface area is 96.8 Å². The zero-order valence-corrected chi connectivity index (χ0v) is 10.2. The molecule has 1 aromatic carbocycles. The molecule has 0 aliphatic heterocycles. The van der Waals surface area contributed by atoms with Gasteiger partial charge in [0, 0.05) is 22.5 Å². The average molecular weight is 277 g/mol. The van der Waals surface area contributed by atoms with Crippen LogP contribution in [0.15, 0.2) is 22.7 Å².